The molecule has 0 aliphatic rings. The van der Waals surface area contributed by atoms with Crippen molar-refractivity contribution in [2.24, 2.45) is 5.92 Å². The third-order valence-corrected chi connectivity index (χ3v) is 5.70. The number of rotatable bonds is 7. The van der Waals surface area contributed by atoms with Crippen LogP contribution >= 0.6 is 11.6 Å². The van der Waals surface area contributed by atoms with Crippen LogP contribution in [-0.4, -0.2) is 33.3 Å². The van der Waals surface area contributed by atoms with E-state index in [1.165, 1.54) is 24.3 Å². The summed E-state index contributed by atoms with van der Waals surface area (Å²) < 4.78 is 55.7. The molecule has 1 heterocycles. The number of nitrogens with zero attached hydrogens (tertiary/aromatic N) is 2. The topological polar surface area (TPSA) is 119 Å². The van der Waals surface area contributed by atoms with Crippen LogP contribution in [0.3, 0.4) is 0 Å². The largest absolute Gasteiger partial charge is 0.411 e. The van der Waals surface area contributed by atoms with Crippen LogP contribution in [0, 0.1) is 5.92 Å². The maximum atomic E-state index is 12.6. The predicted molar refractivity (Wildman–Crippen MR) is 91.4 cm³/mol. The van der Waals surface area contributed by atoms with Crippen molar-refractivity contribution in [2.45, 2.75) is 36.4 Å². The van der Waals surface area contributed by atoms with E-state index in [0.717, 1.165) is 6.26 Å². The fraction of sp³-hybridized carbons (Fsp3) is 0.429. The highest BCUT2D eigenvalue weighted by molar-refractivity contribution is 7.90. The summed E-state index contributed by atoms with van der Waals surface area (Å²) >= 11 is 5.77. The second kappa shape index (κ2) is 7.40. The fourth-order valence-electron chi connectivity index (χ4n) is 2.05. The lowest BCUT2D eigenvalue weighted by atomic mass is 10.0. The minimum absolute atomic E-state index is 0.0218. The Labute approximate surface area is 151 Å². The van der Waals surface area contributed by atoms with Crippen molar-refractivity contribution in [1.29, 1.82) is 0 Å². The standard InChI is InChI=1S/C14H18ClN3O5S2/c1-9(2)8-12(13-16-17-14(23-13)24(3,19)20)18-25(21,22)11-6-4-10(15)5-7-11/h4-7,9,12,18H,8H2,1-3H3/t12-/m0/s1. The molecule has 138 valence electrons. The smallest absolute Gasteiger partial charge is 0.335 e. The predicted octanol–water partition coefficient (Wildman–Crippen LogP) is 2.19. The van der Waals surface area contributed by atoms with E-state index < -0.39 is 31.1 Å². The molecule has 0 aliphatic heterocycles. The summed E-state index contributed by atoms with van der Waals surface area (Å²) in [4.78, 5) is 0.0218. The molecule has 11 heteroatoms. The minimum atomic E-state index is -3.88. The van der Waals surface area contributed by atoms with Crippen LogP contribution in [0.5, 0.6) is 0 Å². The van der Waals surface area contributed by atoms with Crippen LogP contribution in [0.25, 0.3) is 0 Å². The summed E-state index contributed by atoms with van der Waals surface area (Å²) in [5, 5.41) is 7.01. The molecule has 0 spiro atoms. The lowest BCUT2D eigenvalue weighted by Crippen LogP contribution is -2.30. The summed E-state index contributed by atoms with van der Waals surface area (Å²) in [6, 6.07) is 4.80. The van der Waals surface area contributed by atoms with Crippen LogP contribution in [0.15, 0.2) is 38.8 Å². The molecule has 0 saturated heterocycles. The second-order valence-electron chi connectivity index (χ2n) is 5.94. The Bertz CT molecular complexity index is 937. The normalized spacial score (nSPS) is 14.0. The summed E-state index contributed by atoms with van der Waals surface area (Å²) in [5.74, 6) is -0.0156. The van der Waals surface area contributed by atoms with Gasteiger partial charge in [-0.1, -0.05) is 30.5 Å². The van der Waals surface area contributed by atoms with Crippen molar-refractivity contribution in [2.75, 3.05) is 6.26 Å². The zero-order valence-corrected chi connectivity index (χ0v) is 16.2. The molecule has 0 saturated carbocycles. The molecule has 2 rings (SSSR count). The zero-order valence-electron chi connectivity index (χ0n) is 13.8. The third-order valence-electron chi connectivity index (χ3n) is 3.17. The van der Waals surface area contributed by atoms with Crippen LogP contribution in [0.2, 0.25) is 5.02 Å². The molecule has 0 aliphatic carbocycles. The molecule has 1 aromatic carbocycles. The van der Waals surface area contributed by atoms with E-state index in [4.69, 9.17) is 16.0 Å². The molecule has 0 unspecified atom stereocenters. The van der Waals surface area contributed by atoms with Gasteiger partial charge in [0.1, 0.15) is 6.04 Å². The van der Waals surface area contributed by atoms with E-state index in [0.29, 0.717) is 11.4 Å². The number of hydrogen-bond acceptors (Lipinski definition) is 7. The van der Waals surface area contributed by atoms with Crippen molar-refractivity contribution in [1.82, 2.24) is 14.9 Å². The van der Waals surface area contributed by atoms with Crippen molar-refractivity contribution in [3.8, 4) is 0 Å². The number of hydrogen-bond donors (Lipinski definition) is 1. The number of nitrogens with one attached hydrogen (secondary N) is 1. The van der Waals surface area contributed by atoms with Gasteiger partial charge in [0.15, 0.2) is 0 Å². The Morgan fingerprint density at radius 3 is 2.20 bits per heavy atom. The first-order valence-corrected chi connectivity index (χ1v) is 11.1. The van der Waals surface area contributed by atoms with E-state index in [1.54, 1.807) is 0 Å². The summed E-state index contributed by atoms with van der Waals surface area (Å²) in [7, 11) is -7.56. The number of benzene rings is 1. The molecule has 25 heavy (non-hydrogen) atoms. The Morgan fingerprint density at radius 2 is 1.72 bits per heavy atom. The molecular weight excluding hydrogens is 390 g/mol. The summed E-state index contributed by atoms with van der Waals surface area (Å²) in [6.07, 6.45) is 1.28. The number of aromatic nitrogens is 2. The van der Waals surface area contributed by atoms with Crippen molar-refractivity contribution < 1.29 is 21.3 Å². The molecule has 0 fully saturated rings. The van der Waals surface area contributed by atoms with Crippen LogP contribution in [-0.2, 0) is 19.9 Å². The van der Waals surface area contributed by atoms with Gasteiger partial charge < -0.3 is 4.42 Å². The number of halogens is 1. The van der Waals surface area contributed by atoms with E-state index in [2.05, 4.69) is 14.9 Å². The molecule has 2 aromatic rings. The Morgan fingerprint density at radius 1 is 1.12 bits per heavy atom. The first-order valence-electron chi connectivity index (χ1n) is 7.30. The van der Waals surface area contributed by atoms with Crippen molar-refractivity contribution in [3.63, 3.8) is 0 Å². The lowest BCUT2D eigenvalue weighted by molar-refractivity contribution is 0.340. The molecule has 0 radical (unpaired) electrons. The van der Waals surface area contributed by atoms with Gasteiger partial charge in [-0.2, -0.15) is 4.72 Å². The first-order chi connectivity index (χ1) is 11.5. The highest BCUT2D eigenvalue weighted by atomic mass is 35.5. The third kappa shape index (κ3) is 5.24. The SMILES string of the molecule is CC(C)C[C@H](NS(=O)(=O)c1ccc(Cl)cc1)c1nnc(S(C)(=O)=O)o1. The van der Waals surface area contributed by atoms with E-state index in [9.17, 15) is 16.8 Å². The average Bonchev–Trinajstić information content (AvgIpc) is 2.96. The average molecular weight is 408 g/mol. The maximum absolute atomic E-state index is 12.6. The molecule has 0 amide bonds. The number of sulfonamides is 1. The summed E-state index contributed by atoms with van der Waals surface area (Å²) in [5.41, 5.74) is 0. The van der Waals surface area contributed by atoms with Gasteiger partial charge in [0, 0.05) is 11.3 Å². The first kappa shape index (κ1) is 19.8. The molecule has 0 bridgehead atoms. The van der Waals surface area contributed by atoms with Gasteiger partial charge in [-0.05, 0) is 36.6 Å². The van der Waals surface area contributed by atoms with Gasteiger partial charge in [-0.3, -0.25) is 0 Å². The van der Waals surface area contributed by atoms with Gasteiger partial charge in [-0.15, -0.1) is 5.10 Å². The Balaban J connectivity index is 2.34. The Kier molecular flexibility index (Phi) is 5.87. The highest BCUT2D eigenvalue weighted by Crippen LogP contribution is 2.24. The van der Waals surface area contributed by atoms with E-state index >= 15 is 0 Å². The monoisotopic (exact) mass is 407 g/mol. The van der Waals surface area contributed by atoms with Crippen LogP contribution in [0.1, 0.15) is 32.2 Å². The van der Waals surface area contributed by atoms with Crippen LogP contribution < -0.4 is 4.72 Å². The molecule has 8 nitrogen and oxygen atoms in total. The molecule has 1 N–H and O–H groups in total. The van der Waals surface area contributed by atoms with Gasteiger partial charge in [0.05, 0.1) is 4.90 Å². The van der Waals surface area contributed by atoms with Crippen molar-refractivity contribution in [3.05, 3.63) is 35.2 Å². The van der Waals surface area contributed by atoms with Crippen LogP contribution in [0.4, 0.5) is 0 Å². The van der Waals surface area contributed by atoms with E-state index in [-0.39, 0.29) is 16.7 Å². The fourth-order valence-corrected chi connectivity index (χ4v) is 3.80. The van der Waals surface area contributed by atoms with Gasteiger partial charge in [0.2, 0.25) is 25.8 Å². The maximum Gasteiger partial charge on any atom is 0.335 e. The van der Waals surface area contributed by atoms with Gasteiger partial charge in [0.25, 0.3) is 0 Å². The molecule has 1 atom stereocenters. The van der Waals surface area contributed by atoms with Gasteiger partial charge in [-0.25, -0.2) is 16.8 Å². The van der Waals surface area contributed by atoms with Crippen molar-refractivity contribution >= 4 is 31.5 Å². The Hall–Kier alpha value is -1.49. The zero-order chi connectivity index (χ0) is 18.8. The molecular formula is C14H18ClN3O5S2. The van der Waals surface area contributed by atoms with E-state index in [1.807, 2.05) is 13.8 Å². The highest BCUT2D eigenvalue weighted by Gasteiger charge is 2.28. The minimum Gasteiger partial charge on any atom is -0.411 e. The van der Waals surface area contributed by atoms with Gasteiger partial charge >= 0.3 is 5.22 Å². The summed E-state index contributed by atoms with van der Waals surface area (Å²) in [6.45, 7) is 3.77. The second-order valence-corrected chi connectivity index (χ2v) is 9.98. The number of sulfone groups is 1. The molecule has 1 aromatic heterocycles. The lowest BCUT2D eigenvalue weighted by Gasteiger charge is -2.17. The quantitative estimate of drug-likeness (QED) is 0.746.